The maximum Gasteiger partial charge on any atom is 0.0655 e. The first-order chi connectivity index (χ1) is 7.12. The van der Waals surface area contributed by atoms with Gasteiger partial charge in [0.2, 0.25) is 0 Å². The van der Waals surface area contributed by atoms with Crippen LogP contribution < -0.4 is 5.32 Å². The molecule has 1 N–H and O–H groups in total. The van der Waals surface area contributed by atoms with Crippen molar-refractivity contribution in [3.8, 4) is 0 Å². The summed E-state index contributed by atoms with van der Waals surface area (Å²) in [4.78, 5) is 0. The van der Waals surface area contributed by atoms with Gasteiger partial charge in [-0.05, 0) is 13.3 Å². The van der Waals surface area contributed by atoms with Gasteiger partial charge >= 0.3 is 0 Å². The lowest BCUT2D eigenvalue weighted by Gasteiger charge is -2.51. The fourth-order valence-electron chi connectivity index (χ4n) is 2.07. The zero-order valence-electron chi connectivity index (χ0n) is 9.92. The third-order valence-electron chi connectivity index (χ3n) is 3.28. The molecule has 2 nitrogen and oxygen atoms in total. The normalized spacial score (nSPS) is 29.3. The Labute approximate surface area is 98.0 Å². The van der Waals surface area contributed by atoms with Gasteiger partial charge in [0, 0.05) is 30.5 Å². The Morgan fingerprint density at radius 1 is 1.47 bits per heavy atom. The molecule has 0 aromatic carbocycles. The Balaban J connectivity index is 2.26. The molecule has 1 saturated carbocycles. The average Bonchev–Trinajstić information content (AvgIpc) is 2.21. The largest absolute Gasteiger partial charge is 0.378 e. The predicted molar refractivity (Wildman–Crippen MR) is 65.5 cm³/mol. The van der Waals surface area contributed by atoms with Crippen LogP contribution in [-0.2, 0) is 4.74 Å². The lowest BCUT2D eigenvalue weighted by Crippen LogP contribution is -2.60. The van der Waals surface area contributed by atoms with Crippen molar-refractivity contribution in [2.45, 2.75) is 39.3 Å². The van der Waals surface area contributed by atoms with Crippen LogP contribution in [0, 0.1) is 5.41 Å². The minimum Gasteiger partial charge on any atom is -0.378 e. The van der Waals surface area contributed by atoms with Gasteiger partial charge in [-0.2, -0.15) is 0 Å². The van der Waals surface area contributed by atoms with E-state index in [-0.39, 0.29) is 5.41 Å². The van der Waals surface area contributed by atoms with Crippen LogP contribution in [0.3, 0.4) is 0 Å². The number of halogens is 1. The van der Waals surface area contributed by atoms with E-state index in [0.29, 0.717) is 18.0 Å². The summed E-state index contributed by atoms with van der Waals surface area (Å²) in [6, 6.07) is 0.564. The van der Waals surface area contributed by atoms with Gasteiger partial charge in [-0.1, -0.05) is 26.0 Å². The van der Waals surface area contributed by atoms with E-state index in [2.05, 4.69) is 32.2 Å². The van der Waals surface area contributed by atoms with Crippen LogP contribution in [0.25, 0.3) is 0 Å². The molecule has 0 saturated heterocycles. The second-order valence-electron chi connectivity index (χ2n) is 4.59. The molecule has 0 spiro atoms. The Morgan fingerprint density at radius 2 is 2.20 bits per heavy atom. The van der Waals surface area contributed by atoms with E-state index in [1.807, 2.05) is 6.08 Å². The lowest BCUT2D eigenvalue weighted by atomic mass is 9.64. The van der Waals surface area contributed by atoms with E-state index < -0.39 is 0 Å². The number of alkyl halides is 1. The predicted octanol–water partition coefficient (Wildman–Crippen LogP) is 2.57. The van der Waals surface area contributed by atoms with Crippen molar-refractivity contribution in [2.75, 3.05) is 19.0 Å². The SMILES string of the molecule is CCOC1CC(NC/C=C/CCl)C1(C)C. The second kappa shape index (κ2) is 5.88. The lowest BCUT2D eigenvalue weighted by molar-refractivity contribution is -0.113. The molecule has 0 radical (unpaired) electrons. The zero-order valence-corrected chi connectivity index (χ0v) is 10.7. The molecule has 1 fully saturated rings. The van der Waals surface area contributed by atoms with Crippen LogP contribution in [0.5, 0.6) is 0 Å². The Kier molecular flexibility index (Phi) is 5.10. The van der Waals surface area contributed by atoms with Gasteiger partial charge in [0.1, 0.15) is 0 Å². The summed E-state index contributed by atoms with van der Waals surface area (Å²) in [6.07, 6.45) is 5.59. The molecule has 0 aliphatic heterocycles. The van der Waals surface area contributed by atoms with Crippen LogP contribution >= 0.6 is 11.6 Å². The summed E-state index contributed by atoms with van der Waals surface area (Å²) in [6.45, 7) is 8.30. The van der Waals surface area contributed by atoms with Crippen molar-refractivity contribution < 1.29 is 4.74 Å². The molecule has 1 aliphatic carbocycles. The molecule has 2 atom stereocenters. The highest BCUT2D eigenvalue weighted by Gasteiger charge is 2.48. The highest BCUT2D eigenvalue weighted by molar-refractivity contribution is 6.18. The molecule has 0 aromatic heterocycles. The first-order valence-electron chi connectivity index (χ1n) is 5.68. The molecule has 15 heavy (non-hydrogen) atoms. The van der Waals surface area contributed by atoms with Gasteiger partial charge in [-0.25, -0.2) is 0 Å². The van der Waals surface area contributed by atoms with Gasteiger partial charge in [0.15, 0.2) is 0 Å². The van der Waals surface area contributed by atoms with E-state index in [0.717, 1.165) is 19.6 Å². The van der Waals surface area contributed by atoms with Crippen molar-refractivity contribution in [1.82, 2.24) is 5.32 Å². The van der Waals surface area contributed by atoms with E-state index in [1.54, 1.807) is 0 Å². The molecule has 0 heterocycles. The third kappa shape index (κ3) is 3.20. The molecule has 0 aromatic rings. The van der Waals surface area contributed by atoms with Crippen LogP contribution in [0.2, 0.25) is 0 Å². The fraction of sp³-hybridized carbons (Fsp3) is 0.833. The van der Waals surface area contributed by atoms with E-state index in [1.165, 1.54) is 0 Å². The average molecular weight is 232 g/mol. The molecule has 0 amide bonds. The van der Waals surface area contributed by atoms with Crippen LogP contribution in [-0.4, -0.2) is 31.2 Å². The Hall–Kier alpha value is -0.0500. The Morgan fingerprint density at radius 3 is 2.73 bits per heavy atom. The van der Waals surface area contributed by atoms with E-state index in [4.69, 9.17) is 16.3 Å². The number of nitrogens with one attached hydrogen (secondary N) is 1. The monoisotopic (exact) mass is 231 g/mol. The molecule has 3 heteroatoms. The summed E-state index contributed by atoms with van der Waals surface area (Å²) in [7, 11) is 0. The standard InChI is InChI=1S/C12H22ClNO/c1-4-15-11-9-10(12(11,2)3)14-8-6-5-7-13/h5-6,10-11,14H,4,7-9H2,1-3H3/b6-5+. The van der Waals surface area contributed by atoms with Crippen LogP contribution in [0.1, 0.15) is 27.2 Å². The first-order valence-corrected chi connectivity index (χ1v) is 6.22. The molecule has 2 unspecified atom stereocenters. The topological polar surface area (TPSA) is 21.3 Å². The highest BCUT2D eigenvalue weighted by atomic mass is 35.5. The van der Waals surface area contributed by atoms with Crippen LogP contribution in [0.15, 0.2) is 12.2 Å². The summed E-state index contributed by atoms with van der Waals surface area (Å²) in [5, 5.41) is 3.51. The molecule has 88 valence electrons. The number of ether oxygens (including phenoxy) is 1. The molecule has 1 aliphatic rings. The summed E-state index contributed by atoms with van der Waals surface area (Å²) >= 11 is 5.55. The van der Waals surface area contributed by atoms with Crippen molar-refractivity contribution in [3.63, 3.8) is 0 Å². The van der Waals surface area contributed by atoms with Crippen molar-refractivity contribution in [2.24, 2.45) is 5.41 Å². The van der Waals surface area contributed by atoms with Gasteiger partial charge in [-0.15, -0.1) is 11.6 Å². The van der Waals surface area contributed by atoms with Gasteiger partial charge in [0.25, 0.3) is 0 Å². The minimum absolute atomic E-state index is 0.255. The number of rotatable bonds is 6. The van der Waals surface area contributed by atoms with Crippen LogP contribution in [0.4, 0.5) is 0 Å². The molecule has 1 rings (SSSR count). The zero-order chi connectivity index (χ0) is 11.3. The van der Waals surface area contributed by atoms with Gasteiger partial charge in [-0.3, -0.25) is 0 Å². The van der Waals surface area contributed by atoms with Crippen molar-refractivity contribution >= 4 is 11.6 Å². The number of hydrogen-bond acceptors (Lipinski definition) is 2. The smallest absolute Gasteiger partial charge is 0.0655 e. The quantitative estimate of drug-likeness (QED) is 0.561. The van der Waals surface area contributed by atoms with Gasteiger partial charge < -0.3 is 10.1 Å². The van der Waals surface area contributed by atoms with E-state index >= 15 is 0 Å². The maximum atomic E-state index is 5.67. The molecular weight excluding hydrogens is 210 g/mol. The van der Waals surface area contributed by atoms with Gasteiger partial charge in [0.05, 0.1) is 6.10 Å². The van der Waals surface area contributed by atoms with E-state index in [9.17, 15) is 0 Å². The summed E-state index contributed by atoms with van der Waals surface area (Å²) < 4.78 is 5.67. The number of hydrogen-bond donors (Lipinski definition) is 1. The van der Waals surface area contributed by atoms with Crippen molar-refractivity contribution in [3.05, 3.63) is 12.2 Å². The molecule has 0 bridgehead atoms. The number of allylic oxidation sites excluding steroid dienone is 1. The summed E-state index contributed by atoms with van der Waals surface area (Å²) in [5.74, 6) is 0.595. The van der Waals surface area contributed by atoms with Crippen molar-refractivity contribution in [1.29, 1.82) is 0 Å². The fourth-order valence-corrected chi connectivity index (χ4v) is 2.20. The summed E-state index contributed by atoms with van der Waals surface area (Å²) in [5.41, 5.74) is 0.255. The first kappa shape index (κ1) is 13.0. The minimum atomic E-state index is 0.255. The molecular formula is C12H22ClNO. The maximum absolute atomic E-state index is 5.67. The Bertz CT molecular complexity index is 216. The third-order valence-corrected chi connectivity index (χ3v) is 3.46. The second-order valence-corrected chi connectivity index (χ2v) is 4.90. The highest BCUT2D eigenvalue weighted by Crippen LogP contribution is 2.42.